The third-order valence-electron chi connectivity index (χ3n) is 4.92. The highest BCUT2D eigenvalue weighted by atomic mass is 35.5. The van der Waals surface area contributed by atoms with Gasteiger partial charge in [-0.1, -0.05) is 53.5 Å². The van der Waals surface area contributed by atoms with E-state index in [9.17, 15) is 5.11 Å². The van der Waals surface area contributed by atoms with Crippen molar-refractivity contribution in [3.05, 3.63) is 94.1 Å². The molecule has 6 heteroatoms. The van der Waals surface area contributed by atoms with E-state index in [-0.39, 0.29) is 5.88 Å². The highest BCUT2D eigenvalue weighted by Gasteiger charge is 2.21. The molecule has 4 nitrogen and oxygen atoms in total. The molecule has 0 unspecified atom stereocenters. The molecule has 0 fully saturated rings. The van der Waals surface area contributed by atoms with Gasteiger partial charge in [-0.15, -0.1) is 0 Å². The van der Waals surface area contributed by atoms with Crippen LogP contribution in [0.3, 0.4) is 0 Å². The van der Waals surface area contributed by atoms with Crippen molar-refractivity contribution in [3.63, 3.8) is 0 Å². The molecule has 0 aliphatic carbocycles. The number of aliphatic imine (C=N–C) groups is 1. The van der Waals surface area contributed by atoms with Gasteiger partial charge in [0.15, 0.2) is 0 Å². The molecule has 2 heterocycles. The fourth-order valence-electron chi connectivity index (χ4n) is 3.48. The summed E-state index contributed by atoms with van der Waals surface area (Å²) in [5.41, 5.74) is 4.65. The van der Waals surface area contributed by atoms with Crippen molar-refractivity contribution < 1.29 is 5.11 Å². The molecule has 1 aromatic heterocycles. The Morgan fingerprint density at radius 2 is 1.60 bits per heavy atom. The largest absolute Gasteiger partial charge is 0.493 e. The number of aromatic hydroxyl groups is 1. The van der Waals surface area contributed by atoms with Gasteiger partial charge in [0.25, 0.3) is 0 Å². The number of nitrogens with zero attached hydrogens (tertiary/aromatic N) is 3. The van der Waals surface area contributed by atoms with E-state index in [0.29, 0.717) is 27.3 Å². The highest BCUT2D eigenvalue weighted by molar-refractivity contribution is 6.32. The van der Waals surface area contributed by atoms with Gasteiger partial charge in [0.1, 0.15) is 11.5 Å². The molecule has 0 bridgehead atoms. The molecule has 0 amide bonds. The van der Waals surface area contributed by atoms with Crippen LogP contribution in [0.1, 0.15) is 11.3 Å². The molecular weight excluding hydrogens is 417 g/mol. The monoisotopic (exact) mass is 431 g/mol. The molecule has 0 spiro atoms. The van der Waals surface area contributed by atoms with Crippen LogP contribution in [-0.4, -0.2) is 20.9 Å². The number of aromatic nitrogens is 2. The summed E-state index contributed by atoms with van der Waals surface area (Å²) in [4.78, 5) is 9.17. The second kappa shape index (κ2) is 7.48. The topological polar surface area (TPSA) is 50.4 Å². The van der Waals surface area contributed by atoms with E-state index >= 15 is 0 Å². The third-order valence-corrected chi connectivity index (χ3v) is 5.50. The van der Waals surface area contributed by atoms with Crippen LogP contribution >= 0.6 is 23.2 Å². The van der Waals surface area contributed by atoms with E-state index in [0.717, 1.165) is 22.4 Å². The van der Waals surface area contributed by atoms with E-state index < -0.39 is 0 Å². The maximum atomic E-state index is 11.1. The average Bonchev–Trinajstić information content (AvgIpc) is 3.31. The Hall–Kier alpha value is -3.34. The minimum Gasteiger partial charge on any atom is -0.493 e. The van der Waals surface area contributed by atoms with Crippen molar-refractivity contribution in [2.75, 3.05) is 0 Å². The number of allylic oxidation sites excluding steroid dienone is 1. The molecule has 3 aromatic carbocycles. The first-order chi connectivity index (χ1) is 14.6. The first-order valence-electron chi connectivity index (χ1n) is 9.29. The molecule has 0 radical (unpaired) electrons. The van der Waals surface area contributed by atoms with Gasteiger partial charge in [0.2, 0.25) is 5.88 Å². The average molecular weight is 432 g/mol. The predicted octanol–water partition coefficient (Wildman–Crippen LogP) is 6.81. The molecule has 30 heavy (non-hydrogen) atoms. The Morgan fingerprint density at radius 3 is 2.40 bits per heavy atom. The number of halogens is 2. The molecule has 5 rings (SSSR count). The van der Waals surface area contributed by atoms with E-state index in [1.807, 2.05) is 60.7 Å². The number of rotatable bonds is 3. The maximum Gasteiger partial charge on any atom is 0.224 e. The molecule has 0 atom stereocenters. The lowest BCUT2D eigenvalue weighted by atomic mass is 10.1. The summed E-state index contributed by atoms with van der Waals surface area (Å²) in [5, 5.41) is 12.3. The summed E-state index contributed by atoms with van der Waals surface area (Å²) in [7, 11) is 0. The van der Waals surface area contributed by atoms with Crippen LogP contribution in [0.25, 0.3) is 28.7 Å². The summed E-state index contributed by atoms with van der Waals surface area (Å²) >= 11 is 12.5. The lowest BCUT2D eigenvalue weighted by Crippen LogP contribution is -1.98. The summed E-state index contributed by atoms with van der Waals surface area (Å²) in [6.07, 6.45) is 3.61. The SMILES string of the molecule is Oc1c(/C=C2\C=Nc3ccccc32)nc(-c2ccc(Cl)cc2)n1-c1ccccc1Cl. The van der Waals surface area contributed by atoms with Gasteiger partial charge in [-0.2, -0.15) is 0 Å². The smallest absolute Gasteiger partial charge is 0.224 e. The minimum atomic E-state index is -0.00155. The number of hydrogen-bond donors (Lipinski definition) is 1. The Morgan fingerprint density at radius 1 is 0.867 bits per heavy atom. The quantitative estimate of drug-likeness (QED) is 0.387. The first-order valence-corrected chi connectivity index (χ1v) is 10.0. The number of para-hydroxylation sites is 2. The Labute approximate surface area is 183 Å². The Bertz CT molecular complexity index is 1320. The van der Waals surface area contributed by atoms with Gasteiger partial charge in [0.05, 0.1) is 16.4 Å². The molecule has 146 valence electrons. The number of hydrogen-bond acceptors (Lipinski definition) is 3. The van der Waals surface area contributed by atoms with Crippen molar-refractivity contribution in [1.82, 2.24) is 9.55 Å². The molecule has 1 N–H and O–H groups in total. The van der Waals surface area contributed by atoms with Crippen LogP contribution in [0.2, 0.25) is 10.0 Å². The van der Waals surface area contributed by atoms with E-state index in [2.05, 4.69) is 4.99 Å². The van der Waals surface area contributed by atoms with Crippen LogP contribution in [0, 0.1) is 0 Å². The number of imidazole rings is 1. The highest BCUT2D eigenvalue weighted by Crippen LogP contribution is 2.37. The number of fused-ring (bicyclic) bond motifs is 1. The van der Waals surface area contributed by atoms with Crippen LogP contribution < -0.4 is 0 Å². The van der Waals surface area contributed by atoms with Crippen LogP contribution in [0.5, 0.6) is 5.88 Å². The van der Waals surface area contributed by atoms with Gasteiger partial charge in [-0.25, -0.2) is 4.98 Å². The van der Waals surface area contributed by atoms with Crippen LogP contribution in [0.15, 0.2) is 77.8 Å². The standard InChI is InChI=1S/C24H15Cl2N3O/c25-17-11-9-15(10-12-17)23-28-21(13-16-14-27-20-7-3-1-5-18(16)20)24(30)29(23)22-8-4-2-6-19(22)26/h1-14,30H/b16-13+. The van der Waals surface area contributed by atoms with Crippen molar-refractivity contribution in [3.8, 4) is 23.0 Å². The zero-order chi connectivity index (χ0) is 20.7. The summed E-state index contributed by atoms with van der Waals surface area (Å²) in [6, 6.07) is 22.5. The lowest BCUT2D eigenvalue weighted by molar-refractivity contribution is 0.442. The molecule has 4 aromatic rings. The summed E-state index contributed by atoms with van der Waals surface area (Å²) < 4.78 is 1.65. The second-order valence-corrected chi connectivity index (χ2v) is 7.66. The minimum absolute atomic E-state index is 0.00155. The van der Waals surface area contributed by atoms with Gasteiger partial charge in [0, 0.05) is 27.9 Å². The van der Waals surface area contributed by atoms with Gasteiger partial charge < -0.3 is 5.11 Å². The first kappa shape index (κ1) is 18.7. The number of benzene rings is 3. The van der Waals surface area contributed by atoms with Crippen LogP contribution in [0.4, 0.5) is 5.69 Å². The lowest BCUT2D eigenvalue weighted by Gasteiger charge is -2.11. The van der Waals surface area contributed by atoms with E-state index in [1.54, 1.807) is 29.0 Å². The van der Waals surface area contributed by atoms with Crippen molar-refractivity contribution in [2.45, 2.75) is 0 Å². The Kier molecular flexibility index (Phi) is 4.66. The molecule has 1 aliphatic rings. The van der Waals surface area contributed by atoms with Gasteiger partial charge in [-0.3, -0.25) is 9.56 Å². The third kappa shape index (κ3) is 3.20. The zero-order valence-corrected chi connectivity index (χ0v) is 17.1. The maximum absolute atomic E-state index is 11.1. The van der Waals surface area contributed by atoms with Crippen molar-refractivity contribution in [1.29, 1.82) is 0 Å². The predicted molar refractivity (Wildman–Crippen MR) is 123 cm³/mol. The van der Waals surface area contributed by atoms with E-state index in [4.69, 9.17) is 28.2 Å². The molecule has 0 saturated carbocycles. The molecule has 1 aliphatic heterocycles. The summed E-state index contributed by atoms with van der Waals surface area (Å²) in [5.74, 6) is 0.561. The Balaban J connectivity index is 1.72. The normalized spacial score (nSPS) is 13.7. The molecule has 0 saturated heterocycles. The summed E-state index contributed by atoms with van der Waals surface area (Å²) in [6.45, 7) is 0. The van der Waals surface area contributed by atoms with E-state index in [1.165, 1.54) is 0 Å². The fraction of sp³-hybridized carbons (Fsp3) is 0. The van der Waals surface area contributed by atoms with Crippen molar-refractivity contribution in [2.24, 2.45) is 4.99 Å². The fourth-order valence-corrected chi connectivity index (χ4v) is 3.83. The van der Waals surface area contributed by atoms with Crippen molar-refractivity contribution >= 4 is 46.8 Å². The van der Waals surface area contributed by atoms with Crippen LogP contribution in [-0.2, 0) is 0 Å². The zero-order valence-electron chi connectivity index (χ0n) is 15.6. The van der Waals surface area contributed by atoms with Gasteiger partial charge >= 0.3 is 0 Å². The van der Waals surface area contributed by atoms with Gasteiger partial charge in [-0.05, 0) is 48.5 Å². The second-order valence-electron chi connectivity index (χ2n) is 6.81. The molecular formula is C24H15Cl2N3O.